The van der Waals surface area contributed by atoms with E-state index in [2.05, 4.69) is 0 Å². The lowest BCUT2D eigenvalue weighted by atomic mass is 10.1. The second-order valence-corrected chi connectivity index (χ2v) is 6.80. The van der Waals surface area contributed by atoms with Gasteiger partial charge in [-0.25, -0.2) is 0 Å². The Hall–Kier alpha value is -2.53. The van der Waals surface area contributed by atoms with Crippen molar-refractivity contribution in [1.29, 1.82) is 0 Å². The Morgan fingerprint density at radius 1 is 1.12 bits per heavy atom. The molecule has 24 heavy (non-hydrogen) atoms. The van der Waals surface area contributed by atoms with Gasteiger partial charge >= 0.3 is 0 Å². The number of carbonyl (C=O) groups is 1. The van der Waals surface area contributed by atoms with Crippen LogP contribution in [0.4, 0.5) is 0 Å². The van der Waals surface area contributed by atoms with Gasteiger partial charge in [0.25, 0.3) is 5.91 Å². The molecule has 0 aliphatic carbocycles. The van der Waals surface area contributed by atoms with Crippen LogP contribution in [0.3, 0.4) is 0 Å². The van der Waals surface area contributed by atoms with E-state index in [1.807, 2.05) is 53.9 Å². The highest BCUT2D eigenvalue weighted by Crippen LogP contribution is 2.29. The lowest BCUT2D eigenvalue weighted by Crippen LogP contribution is -2.40. The van der Waals surface area contributed by atoms with Gasteiger partial charge in [-0.15, -0.1) is 11.3 Å². The van der Waals surface area contributed by atoms with Gasteiger partial charge in [-0.3, -0.25) is 4.79 Å². The van der Waals surface area contributed by atoms with E-state index < -0.39 is 6.10 Å². The first-order valence-electron chi connectivity index (χ1n) is 7.88. The molecule has 1 aliphatic heterocycles. The number of benzene rings is 1. The van der Waals surface area contributed by atoms with Crippen molar-refractivity contribution in [1.82, 2.24) is 4.90 Å². The second-order valence-electron chi connectivity index (χ2n) is 5.77. The first-order valence-corrected chi connectivity index (χ1v) is 8.75. The van der Waals surface area contributed by atoms with Gasteiger partial charge in [0.2, 0.25) is 0 Å². The summed E-state index contributed by atoms with van der Waals surface area (Å²) in [5.74, 6) is 1.58. The minimum Gasteiger partial charge on any atom is -0.480 e. The average molecular weight is 339 g/mol. The van der Waals surface area contributed by atoms with Crippen LogP contribution in [-0.2, 0) is 24.3 Å². The number of hydrogen-bond donors (Lipinski definition) is 0. The maximum absolute atomic E-state index is 13.0. The van der Waals surface area contributed by atoms with Crippen LogP contribution >= 0.6 is 11.3 Å². The fourth-order valence-electron chi connectivity index (χ4n) is 2.92. The maximum atomic E-state index is 13.0. The van der Waals surface area contributed by atoms with E-state index in [0.717, 1.165) is 22.0 Å². The van der Waals surface area contributed by atoms with Crippen LogP contribution in [0, 0.1) is 0 Å². The largest absolute Gasteiger partial charge is 0.480 e. The number of thiophene rings is 1. The van der Waals surface area contributed by atoms with Gasteiger partial charge in [-0.05, 0) is 35.2 Å². The molecular weight excluding hydrogens is 322 g/mol. The van der Waals surface area contributed by atoms with Crippen LogP contribution in [0.1, 0.15) is 16.2 Å². The molecular formula is C19H17NO3S. The molecule has 3 heterocycles. The summed E-state index contributed by atoms with van der Waals surface area (Å²) in [6, 6.07) is 15.6. The number of ether oxygens (including phenoxy) is 1. The average Bonchev–Trinajstić information content (AvgIpc) is 3.34. The van der Waals surface area contributed by atoms with Crippen LogP contribution in [0.25, 0.3) is 0 Å². The fraction of sp³-hybridized carbons (Fsp3) is 0.211. The first kappa shape index (κ1) is 15.0. The lowest BCUT2D eigenvalue weighted by molar-refractivity contribution is -0.139. The molecule has 0 bridgehead atoms. The molecule has 0 radical (unpaired) electrons. The normalized spacial score (nSPS) is 15.8. The molecule has 1 atom stereocenters. The zero-order valence-electron chi connectivity index (χ0n) is 13.1. The van der Waals surface area contributed by atoms with Gasteiger partial charge in [-0.1, -0.05) is 24.3 Å². The van der Waals surface area contributed by atoms with E-state index in [0.29, 0.717) is 19.5 Å². The Labute approximate surface area is 144 Å². The Morgan fingerprint density at radius 3 is 2.79 bits per heavy atom. The topological polar surface area (TPSA) is 42.7 Å². The number of fused-ring (bicyclic) bond motifs is 1. The monoisotopic (exact) mass is 339 g/mol. The van der Waals surface area contributed by atoms with Gasteiger partial charge in [0.05, 0.1) is 19.4 Å². The SMILES string of the molecule is O=C(C1Cc2ccccc2O1)N(Cc1ccco1)Cc1cccs1. The zero-order valence-corrected chi connectivity index (χ0v) is 13.9. The molecule has 0 fully saturated rings. The summed E-state index contributed by atoms with van der Waals surface area (Å²) >= 11 is 1.65. The number of nitrogens with zero attached hydrogens (tertiary/aromatic N) is 1. The van der Waals surface area contributed by atoms with Crippen LogP contribution in [0.15, 0.2) is 64.6 Å². The Morgan fingerprint density at radius 2 is 2.04 bits per heavy atom. The molecule has 0 saturated carbocycles. The van der Waals surface area contributed by atoms with E-state index in [4.69, 9.17) is 9.15 Å². The Kier molecular flexibility index (Phi) is 4.09. The molecule has 4 nitrogen and oxygen atoms in total. The van der Waals surface area contributed by atoms with Crippen LogP contribution in [0.2, 0.25) is 0 Å². The summed E-state index contributed by atoms with van der Waals surface area (Å²) in [7, 11) is 0. The van der Waals surface area contributed by atoms with Gasteiger partial charge in [0.1, 0.15) is 11.5 Å². The van der Waals surface area contributed by atoms with E-state index >= 15 is 0 Å². The number of para-hydroxylation sites is 1. The van der Waals surface area contributed by atoms with Gasteiger partial charge < -0.3 is 14.1 Å². The van der Waals surface area contributed by atoms with Gasteiger partial charge in [-0.2, -0.15) is 0 Å². The van der Waals surface area contributed by atoms with Gasteiger partial charge in [0.15, 0.2) is 6.10 Å². The second kappa shape index (κ2) is 6.53. The maximum Gasteiger partial charge on any atom is 0.264 e. The molecule has 4 rings (SSSR count). The van der Waals surface area contributed by atoms with Gasteiger partial charge in [0, 0.05) is 11.3 Å². The summed E-state index contributed by atoms with van der Waals surface area (Å²) in [5.41, 5.74) is 1.09. The standard InChI is InChI=1S/C19H17NO3S/c21-19(18-11-14-5-1-2-8-17(14)23-18)20(12-15-6-3-9-22-15)13-16-7-4-10-24-16/h1-10,18H,11-13H2. The molecule has 1 amide bonds. The lowest BCUT2D eigenvalue weighted by Gasteiger charge is -2.24. The highest BCUT2D eigenvalue weighted by atomic mass is 32.1. The van der Waals surface area contributed by atoms with Crippen molar-refractivity contribution in [2.24, 2.45) is 0 Å². The quantitative estimate of drug-likeness (QED) is 0.708. The molecule has 1 aromatic carbocycles. The highest BCUT2D eigenvalue weighted by molar-refractivity contribution is 7.09. The third-order valence-corrected chi connectivity index (χ3v) is 4.95. The molecule has 5 heteroatoms. The summed E-state index contributed by atoms with van der Waals surface area (Å²) in [5, 5.41) is 2.02. The summed E-state index contributed by atoms with van der Waals surface area (Å²) in [4.78, 5) is 16.0. The van der Waals surface area contributed by atoms with Crippen molar-refractivity contribution in [3.63, 3.8) is 0 Å². The summed E-state index contributed by atoms with van der Waals surface area (Å²) < 4.78 is 11.3. The summed E-state index contributed by atoms with van der Waals surface area (Å²) in [6.45, 7) is 1.01. The molecule has 1 unspecified atom stereocenters. The van der Waals surface area contributed by atoms with Crippen LogP contribution in [0.5, 0.6) is 5.75 Å². The van der Waals surface area contributed by atoms with E-state index in [-0.39, 0.29) is 5.91 Å². The van der Waals surface area contributed by atoms with Crippen molar-refractivity contribution >= 4 is 17.2 Å². The zero-order chi connectivity index (χ0) is 16.4. The smallest absolute Gasteiger partial charge is 0.264 e. The number of hydrogen-bond acceptors (Lipinski definition) is 4. The molecule has 0 N–H and O–H groups in total. The van der Waals surface area contributed by atoms with Crippen molar-refractivity contribution in [2.45, 2.75) is 25.6 Å². The number of rotatable bonds is 5. The third kappa shape index (κ3) is 3.08. The molecule has 1 aliphatic rings. The van der Waals surface area contributed by atoms with E-state index in [9.17, 15) is 4.79 Å². The summed E-state index contributed by atoms with van der Waals surface area (Å²) in [6.07, 6.45) is 1.79. The first-order chi connectivity index (χ1) is 11.8. The molecule has 2 aromatic heterocycles. The molecule has 0 saturated heterocycles. The predicted octanol–water partition coefficient (Wildman–Crippen LogP) is 3.87. The molecule has 0 spiro atoms. The van der Waals surface area contributed by atoms with E-state index in [1.165, 1.54) is 0 Å². The number of amides is 1. The number of furan rings is 1. The van der Waals surface area contributed by atoms with Crippen molar-refractivity contribution < 1.29 is 13.9 Å². The minimum atomic E-state index is -0.461. The molecule has 3 aromatic rings. The molecule has 122 valence electrons. The minimum absolute atomic E-state index is 0.00370. The predicted molar refractivity (Wildman–Crippen MR) is 91.8 cm³/mol. The highest BCUT2D eigenvalue weighted by Gasteiger charge is 2.32. The van der Waals surface area contributed by atoms with E-state index in [1.54, 1.807) is 22.5 Å². The van der Waals surface area contributed by atoms with Crippen molar-refractivity contribution in [2.75, 3.05) is 0 Å². The Bertz CT molecular complexity index is 750. The fourth-order valence-corrected chi connectivity index (χ4v) is 3.64. The van der Waals surface area contributed by atoms with Crippen LogP contribution in [-0.4, -0.2) is 16.9 Å². The van der Waals surface area contributed by atoms with Crippen molar-refractivity contribution in [3.05, 3.63) is 76.4 Å². The Balaban J connectivity index is 1.53. The van der Waals surface area contributed by atoms with Crippen LogP contribution < -0.4 is 4.74 Å². The van der Waals surface area contributed by atoms with Crippen molar-refractivity contribution in [3.8, 4) is 5.75 Å². The number of carbonyl (C=O) groups excluding carboxylic acids is 1. The third-order valence-electron chi connectivity index (χ3n) is 4.09.